The number of sulfone groups is 1. The van der Waals surface area contributed by atoms with Gasteiger partial charge in [0.15, 0.2) is 15.8 Å². The van der Waals surface area contributed by atoms with Crippen molar-refractivity contribution in [2.24, 2.45) is 4.99 Å². The van der Waals surface area contributed by atoms with Gasteiger partial charge in [-0.15, -0.1) is 0 Å². The van der Waals surface area contributed by atoms with Gasteiger partial charge in [-0.3, -0.25) is 4.99 Å². The summed E-state index contributed by atoms with van der Waals surface area (Å²) in [6.45, 7) is 3.76. The number of furan rings is 1. The molecule has 2 N–H and O–H groups in total. The van der Waals surface area contributed by atoms with Gasteiger partial charge in [-0.2, -0.15) is 0 Å². The van der Waals surface area contributed by atoms with E-state index in [2.05, 4.69) is 15.6 Å². The summed E-state index contributed by atoms with van der Waals surface area (Å²) in [4.78, 5) is 4.04. The van der Waals surface area contributed by atoms with E-state index in [0.717, 1.165) is 12.2 Å². The molecule has 1 aromatic heterocycles. The summed E-state index contributed by atoms with van der Waals surface area (Å²) >= 11 is 0. The Morgan fingerprint density at radius 3 is 2.77 bits per heavy atom. The maximum atomic E-state index is 11.4. The Bertz CT molecular complexity index is 526. The Hall–Kier alpha value is -1.54. The Morgan fingerprint density at radius 1 is 1.36 bits per heavy atom. The molecule has 0 spiro atoms. The lowest BCUT2D eigenvalue weighted by Gasteiger charge is -2.11. The standard InChI is InChI=1S/C14H25N3O4S/c1-3-22(18,19)11-8-17-14(15-2)16-7-5-9-20-12-13-6-4-10-21-13/h4,6,10H,3,5,7-9,11-12H2,1-2H3,(H2,15,16,17). The summed E-state index contributed by atoms with van der Waals surface area (Å²) in [6, 6.07) is 3.70. The highest BCUT2D eigenvalue weighted by Gasteiger charge is 2.07. The third-order valence-corrected chi connectivity index (χ3v) is 4.66. The van der Waals surface area contributed by atoms with Crippen molar-refractivity contribution in [3.8, 4) is 0 Å². The number of hydrogen-bond donors (Lipinski definition) is 2. The van der Waals surface area contributed by atoms with Crippen molar-refractivity contribution in [2.45, 2.75) is 20.0 Å². The molecule has 0 aliphatic rings. The van der Waals surface area contributed by atoms with Gasteiger partial charge in [-0.1, -0.05) is 6.92 Å². The molecule has 1 aromatic rings. The van der Waals surface area contributed by atoms with Crippen LogP contribution in [0, 0.1) is 0 Å². The predicted molar refractivity (Wildman–Crippen MR) is 86.7 cm³/mol. The molecular formula is C14H25N3O4S. The molecule has 0 fully saturated rings. The Balaban J connectivity index is 2.06. The Kier molecular flexibility index (Phi) is 8.61. The third-order valence-electron chi connectivity index (χ3n) is 2.95. The summed E-state index contributed by atoms with van der Waals surface area (Å²) in [5.41, 5.74) is 0. The molecule has 7 nitrogen and oxygen atoms in total. The molecule has 0 atom stereocenters. The van der Waals surface area contributed by atoms with Crippen LogP contribution in [0.15, 0.2) is 27.8 Å². The molecule has 0 bridgehead atoms. The minimum atomic E-state index is -2.95. The van der Waals surface area contributed by atoms with E-state index in [-0.39, 0.29) is 11.5 Å². The first kappa shape index (κ1) is 18.5. The number of rotatable bonds is 10. The molecule has 0 aliphatic heterocycles. The quantitative estimate of drug-likeness (QED) is 0.374. The van der Waals surface area contributed by atoms with E-state index in [1.165, 1.54) is 0 Å². The highest BCUT2D eigenvalue weighted by Crippen LogP contribution is 2.01. The zero-order valence-corrected chi connectivity index (χ0v) is 14.0. The third kappa shape index (κ3) is 8.04. The van der Waals surface area contributed by atoms with Crippen LogP contribution in [0.1, 0.15) is 19.1 Å². The first-order chi connectivity index (χ1) is 10.6. The van der Waals surface area contributed by atoms with E-state index in [9.17, 15) is 8.42 Å². The van der Waals surface area contributed by atoms with Crippen LogP contribution in [-0.4, -0.2) is 52.6 Å². The van der Waals surface area contributed by atoms with Crippen LogP contribution in [-0.2, 0) is 21.2 Å². The van der Waals surface area contributed by atoms with Gasteiger partial charge < -0.3 is 19.8 Å². The number of nitrogens with one attached hydrogen (secondary N) is 2. The van der Waals surface area contributed by atoms with Crippen LogP contribution in [0.2, 0.25) is 0 Å². The van der Waals surface area contributed by atoms with E-state index >= 15 is 0 Å². The zero-order valence-electron chi connectivity index (χ0n) is 13.2. The van der Waals surface area contributed by atoms with Crippen molar-refractivity contribution in [3.05, 3.63) is 24.2 Å². The van der Waals surface area contributed by atoms with Crippen LogP contribution in [0.4, 0.5) is 0 Å². The molecule has 1 heterocycles. The van der Waals surface area contributed by atoms with E-state index < -0.39 is 9.84 Å². The molecule has 0 saturated heterocycles. The molecular weight excluding hydrogens is 306 g/mol. The van der Waals surface area contributed by atoms with E-state index in [1.54, 1.807) is 20.2 Å². The van der Waals surface area contributed by atoms with Gasteiger partial charge >= 0.3 is 0 Å². The minimum Gasteiger partial charge on any atom is -0.467 e. The van der Waals surface area contributed by atoms with Gasteiger partial charge in [0, 0.05) is 32.5 Å². The van der Waals surface area contributed by atoms with Crippen molar-refractivity contribution in [1.29, 1.82) is 0 Å². The summed E-state index contributed by atoms with van der Waals surface area (Å²) in [5.74, 6) is 1.67. The van der Waals surface area contributed by atoms with Gasteiger partial charge in [0.2, 0.25) is 0 Å². The van der Waals surface area contributed by atoms with Gasteiger partial charge in [0.05, 0.1) is 12.0 Å². The van der Waals surface area contributed by atoms with Crippen molar-refractivity contribution >= 4 is 15.8 Å². The topological polar surface area (TPSA) is 92.9 Å². The fourth-order valence-corrected chi connectivity index (χ4v) is 2.34. The van der Waals surface area contributed by atoms with Gasteiger partial charge in [0.1, 0.15) is 12.4 Å². The highest BCUT2D eigenvalue weighted by molar-refractivity contribution is 7.91. The second kappa shape index (κ2) is 10.2. The first-order valence-electron chi connectivity index (χ1n) is 7.32. The fourth-order valence-electron chi connectivity index (χ4n) is 1.64. The molecule has 1 rings (SSSR count). The van der Waals surface area contributed by atoms with Gasteiger partial charge in [-0.05, 0) is 18.6 Å². The maximum absolute atomic E-state index is 11.4. The second-order valence-corrected chi connectivity index (χ2v) is 7.12. The van der Waals surface area contributed by atoms with Crippen molar-refractivity contribution in [3.63, 3.8) is 0 Å². The Morgan fingerprint density at radius 2 is 2.14 bits per heavy atom. The molecule has 0 aliphatic carbocycles. The lowest BCUT2D eigenvalue weighted by Crippen LogP contribution is -2.40. The van der Waals surface area contributed by atoms with Crippen LogP contribution in [0.5, 0.6) is 0 Å². The lowest BCUT2D eigenvalue weighted by atomic mass is 10.4. The van der Waals surface area contributed by atoms with E-state index in [1.807, 2.05) is 12.1 Å². The average Bonchev–Trinajstić information content (AvgIpc) is 3.02. The summed E-state index contributed by atoms with van der Waals surface area (Å²) < 4.78 is 33.4. The van der Waals surface area contributed by atoms with Crippen LogP contribution in [0.25, 0.3) is 0 Å². The number of aliphatic imine (C=N–C) groups is 1. The average molecular weight is 331 g/mol. The van der Waals surface area contributed by atoms with Gasteiger partial charge in [-0.25, -0.2) is 8.42 Å². The fraction of sp³-hybridized carbons (Fsp3) is 0.643. The molecule has 0 amide bonds. The predicted octanol–water partition coefficient (Wildman–Crippen LogP) is 0.786. The second-order valence-electron chi connectivity index (χ2n) is 4.65. The minimum absolute atomic E-state index is 0.108. The van der Waals surface area contributed by atoms with Crippen LogP contribution in [0.3, 0.4) is 0 Å². The van der Waals surface area contributed by atoms with E-state index in [0.29, 0.717) is 32.3 Å². The molecule has 0 aromatic carbocycles. The summed E-state index contributed by atoms with van der Waals surface area (Å²) in [6.07, 6.45) is 2.43. The summed E-state index contributed by atoms with van der Waals surface area (Å²) in [7, 11) is -1.30. The van der Waals surface area contributed by atoms with Crippen LogP contribution >= 0.6 is 0 Å². The number of guanidine groups is 1. The maximum Gasteiger partial charge on any atom is 0.191 e. The van der Waals surface area contributed by atoms with E-state index in [4.69, 9.17) is 9.15 Å². The first-order valence-corrected chi connectivity index (χ1v) is 9.14. The number of nitrogens with zero attached hydrogens (tertiary/aromatic N) is 1. The molecule has 0 unspecified atom stereocenters. The normalized spacial score (nSPS) is 12.4. The highest BCUT2D eigenvalue weighted by atomic mass is 32.2. The molecule has 0 saturated carbocycles. The van der Waals surface area contributed by atoms with Crippen LogP contribution < -0.4 is 10.6 Å². The molecule has 22 heavy (non-hydrogen) atoms. The van der Waals surface area contributed by atoms with Crippen molar-refractivity contribution in [2.75, 3.05) is 38.2 Å². The monoisotopic (exact) mass is 331 g/mol. The number of ether oxygens (including phenoxy) is 1. The SMILES string of the molecule is CCS(=O)(=O)CCNC(=NC)NCCCOCc1ccco1. The van der Waals surface area contributed by atoms with Gasteiger partial charge in [0.25, 0.3) is 0 Å². The summed E-state index contributed by atoms with van der Waals surface area (Å²) in [5, 5.41) is 6.09. The molecule has 126 valence electrons. The van der Waals surface area contributed by atoms with Crippen molar-refractivity contribution < 1.29 is 17.6 Å². The lowest BCUT2D eigenvalue weighted by molar-refractivity contribution is 0.105. The van der Waals surface area contributed by atoms with Crippen molar-refractivity contribution in [1.82, 2.24) is 10.6 Å². The molecule has 8 heteroatoms. The number of hydrogen-bond acceptors (Lipinski definition) is 5. The molecule has 0 radical (unpaired) electrons. The zero-order chi connectivity index (χ0) is 16.3. The largest absolute Gasteiger partial charge is 0.467 e. The smallest absolute Gasteiger partial charge is 0.191 e. The Labute approximate surface area is 132 Å².